The molecule has 1 aliphatic rings. The van der Waals surface area contributed by atoms with E-state index in [4.69, 9.17) is 17.3 Å². The van der Waals surface area contributed by atoms with Crippen molar-refractivity contribution in [3.63, 3.8) is 0 Å². The van der Waals surface area contributed by atoms with E-state index in [2.05, 4.69) is 15.5 Å². The number of hydrogen-bond donors (Lipinski definition) is 2. The molecule has 0 aliphatic heterocycles. The number of alkyl halides is 3. The van der Waals surface area contributed by atoms with Crippen LogP contribution in [0.2, 0.25) is 5.02 Å². The second-order valence-electron chi connectivity index (χ2n) is 6.14. The summed E-state index contributed by atoms with van der Waals surface area (Å²) in [6, 6.07) is 0.804. The zero-order chi connectivity index (χ0) is 18.2. The minimum Gasteiger partial charge on any atom is -0.349 e. The van der Waals surface area contributed by atoms with Crippen LogP contribution in [0.3, 0.4) is 0 Å². The summed E-state index contributed by atoms with van der Waals surface area (Å²) in [6.45, 7) is 0.405. The van der Waals surface area contributed by atoms with Crippen LogP contribution in [0.15, 0.2) is 12.3 Å². The first-order valence-corrected chi connectivity index (χ1v) is 8.27. The molecule has 3 rings (SSSR count). The number of aromatic nitrogens is 3. The summed E-state index contributed by atoms with van der Waals surface area (Å²) in [5.41, 5.74) is 4.88. The van der Waals surface area contributed by atoms with Gasteiger partial charge in [-0.1, -0.05) is 18.0 Å². The lowest BCUT2D eigenvalue weighted by molar-refractivity contribution is -0.138. The maximum Gasteiger partial charge on any atom is 0.417 e. The van der Waals surface area contributed by atoms with Crippen molar-refractivity contribution >= 4 is 23.2 Å². The van der Waals surface area contributed by atoms with E-state index in [1.54, 1.807) is 0 Å². The highest BCUT2D eigenvalue weighted by atomic mass is 35.5. The smallest absolute Gasteiger partial charge is 0.349 e. The molecule has 10 heteroatoms. The standard InChI is InChI=1S/C15H17ClF3N5O/c16-11-4-9(15(17,18)19)7-24-12(22-23-13(11)24)6-21-14(25)10-3-1-2-8(10)5-20/h4,7-8,10H,1-3,5-6,20H2,(H,21,25)/t8-,10-/m1/s1. The fourth-order valence-electron chi connectivity index (χ4n) is 3.24. The first kappa shape index (κ1) is 17.9. The van der Waals surface area contributed by atoms with Crippen molar-refractivity contribution in [2.45, 2.75) is 32.0 Å². The van der Waals surface area contributed by atoms with Crippen LogP contribution >= 0.6 is 11.6 Å². The average Bonchev–Trinajstić information content (AvgIpc) is 3.18. The van der Waals surface area contributed by atoms with Crippen molar-refractivity contribution in [1.29, 1.82) is 0 Å². The summed E-state index contributed by atoms with van der Waals surface area (Å²) in [5.74, 6) is -0.0126. The zero-order valence-electron chi connectivity index (χ0n) is 13.2. The molecule has 0 bridgehead atoms. The third kappa shape index (κ3) is 3.57. The van der Waals surface area contributed by atoms with E-state index >= 15 is 0 Å². The number of amides is 1. The molecule has 2 heterocycles. The minimum atomic E-state index is -4.54. The second kappa shape index (κ2) is 6.80. The Morgan fingerprint density at radius 3 is 2.84 bits per heavy atom. The molecule has 0 unspecified atom stereocenters. The summed E-state index contributed by atoms with van der Waals surface area (Å²) >= 11 is 5.86. The largest absolute Gasteiger partial charge is 0.417 e. The SMILES string of the molecule is NC[C@H]1CCC[C@H]1C(=O)NCc1nnc2c(Cl)cc(C(F)(F)F)cn12. The third-order valence-corrected chi connectivity index (χ3v) is 4.86. The molecule has 25 heavy (non-hydrogen) atoms. The molecule has 6 nitrogen and oxygen atoms in total. The molecular formula is C15H17ClF3N5O. The Morgan fingerprint density at radius 1 is 1.40 bits per heavy atom. The zero-order valence-corrected chi connectivity index (χ0v) is 13.9. The van der Waals surface area contributed by atoms with Gasteiger partial charge in [-0.25, -0.2) is 0 Å². The van der Waals surface area contributed by atoms with Crippen LogP contribution in [0.4, 0.5) is 13.2 Å². The van der Waals surface area contributed by atoms with E-state index in [9.17, 15) is 18.0 Å². The van der Waals surface area contributed by atoms with Crippen LogP contribution in [-0.4, -0.2) is 27.0 Å². The fraction of sp³-hybridized carbons (Fsp3) is 0.533. The Bertz CT molecular complexity index is 791. The first-order chi connectivity index (χ1) is 11.8. The maximum atomic E-state index is 12.9. The van der Waals surface area contributed by atoms with Gasteiger partial charge in [0.15, 0.2) is 11.5 Å². The number of carbonyl (C=O) groups excluding carboxylic acids is 1. The number of rotatable bonds is 4. The number of fused-ring (bicyclic) bond motifs is 1. The number of nitrogens with zero attached hydrogens (tertiary/aromatic N) is 3. The third-order valence-electron chi connectivity index (χ3n) is 4.58. The molecule has 2 aromatic heterocycles. The lowest BCUT2D eigenvalue weighted by Gasteiger charge is -2.17. The van der Waals surface area contributed by atoms with Gasteiger partial charge in [-0.3, -0.25) is 9.20 Å². The van der Waals surface area contributed by atoms with Gasteiger partial charge in [0, 0.05) is 12.1 Å². The van der Waals surface area contributed by atoms with E-state index in [-0.39, 0.29) is 40.8 Å². The molecule has 3 N–H and O–H groups in total. The molecule has 0 radical (unpaired) electrons. The molecular weight excluding hydrogens is 359 g/mol. The fourth-order valence-corrected chi connectivity index (χ4v) is 3.48. The van der Waals surface area contributed by atoms with Crippen LogP contribution in [0, 0.1) is 11.8 Å². The van der Waals surface area contributed by atoms with Crippen LogP contribution < -0.4 is 11.1 Å². The Hall–Kier alpha value is -1.87. The van der Waals surface area contributed by atoms with Crippen LogP contribution in [0.1, 0.15) is 30.7 Å². The lowest BCUT2D eigenvalue weighted by atomic mass is 9.95. The van der Waals surface area contributed by atoms with Crippen molar-refractivity contribution in [3.8, 4) is 0 Å². The molecule has 0 saturated heterocycles. The van der Waals surface area contributed by atoms with Gasteiger partial charge in [0.1, 0.15) is 0 Å². The summed E-state index contributed by atoms with van der Waals surface area (Å²) in [7, 11) is 0. The Labute approximate surface area is 146 Å². The van der Waals surface area contributed by atoms with Gasteiger partial charge in [0.2, 0.25) is 5.91 Å². The maximum absolute atomic E-state index is 12.9. The molecule has 136 valence electrons. The van der Waals surface area contributed by atoms with E-state index in [0.717, 1.165) is 35.9 Å². The highest BCUT2D eigenvalue weighted by Gasteiger charge is 2.33. The van der Waals surface area contributed by atoms with E-state index in [0.29, 0.717) is 6.54 Å². The summed E-state index contributed by atoms with van der Waals surface area (Å²) in [6.07, 6.45) is -1.05. The second-order valence-corrected chi connectivity index (χ2v) is 6.54. The van der Waals surface area contributed by atoms with E-state index < -0.39 is 11.7 Å². The average molecular weight is 376 g/mol. The number of pyridine rings is 1. The van der Waals surface area contributed by atoms with Gasteiger partial charge < -0.3 is 11.1 Å². The number of nitrogens with one attached hydrogen (secondary N) is 1. The predicted molar refractivity (Wildman–Crippen MR) is 84.7 cm³/mol. The van der Waals surface area contributed by atoms with Gasteiger partial charge in [-0.05, 0) is 31.4 Å². The normalized spacial score (nSPS) is 21.0. The first-order valence-electron chi connectivity index (χ1n) is 7.89. The van der Waals surface area contributed by atoms with Crippen LogP contribution in [0.25, 0.3) is 5.65 Å². The predicted octanol–water partition coefficient (Wildman–Crippen LogP) is 2.39. The van der Waals surface area contributed by atoms with Crippen LogP contribution in [0.5, 0.6) is 0 Å². The van der Waals surface area contributed by atoms with Gasteiger partial charge in [-0.15, -0.1) is 10.2 Å². The molecule has 0 aromatic carbocycles. The van der Waals surface area contributed by atoms with Crippen molar-refractivity contribution in [1.82, 2.24) is 19.9 Å². The van der Waals surface area contributed by atoms with Gasteiger partial charge in [0.05, 0.1) is 17.1 Å². The highest BCUT2D eigenvalue weighted by molar-refractivity contribution is 6.33. The highest BCUT2D eigenvalue weighted by Crippen LogP contribution is 2.33. The number of hydrogen-bond acceptors (Lipinski definition) is 4. The van der Waals surface area contributed by atoms with E-state index in [1.165, 1.54) is 0 Å². The molecule has 1 fully saturated rings. The molecule has 1 saturated carbocycles. The van der Waals surface area contributed by atoms with Gasteiger partial charge in [-0.2, -0.15) is 13.2 Å². The van der Waals surface area contributed by atoms with Gasteiger partial charge >= 0.3 is 6.18 Å². The minimum absolute atomic E-state index is 0.0363. The monoisotopic (exact) mass is 375 g/mol. The molecule has 0 spiro atoms. The summed E-state index contributed by atoms with van der Waals surface area (Å²) < 4.78 is 40.0. The van der Waals surface area contributed by atoms with Crippen molar-refractivity contribution in [2.75, 3.05) is 6.54 Å². The van der Waals surface area contributed by atoms with E-state index in [1.807, 2.05) is 0 Å². The molecule has 1 amide bonds. The van der Waals surface area contributed by atoms with Crippen LogP contribution in [-0.2, 0) is 17.5 Å². The Morgan fingerprint density at radius 2 is 2.16 bits per heavy atom. The van der Waals surface area contributed by atoms with Crippen molar-refractivity contribution < 1.29 is 18.0 Å². The molecule has 2 aromatic rings. The number of carbonyl (C=O) groups is 1. The lowest BCUT2D eigenvalue weighted by Crippen LogP contribution is -2.35. The molecule has 2 atom stereocenters. The number of halogens is 4. The molecule has 1 aliphatic carbocycles. The van der Waals surface area contributed by atoms with Crippen molar-refractivity contribution in [2.24, 2.45) is 17.6 Å². The topological polar surface area (TPSA) is 85.3 Å². The Balaban J connectivity index is 1.80. The van der Waals surface area contributed by atoms with Crippen molar-refractivity contribution in [3.05, 3.63) is 28.7 Å². The number of nitrogens with two attached hydrogens (primary N) is 1. The Kier molecular flexibility index (Phi) is 4.88. The quantitative estimate of drug-likeness (QED) is 0.859. The summed E-state index contributed by atoms with van der Waals surface area (Å²) in [5, 5.41) is 10.2. The van der Waals surface area contributed by atoms with Gasteiger partial charge in [0.25, 0.3) is 0 Å². The summed E-state index contributed by atoms with van der Waals surface area (Å²) in [4.78, 5) is 12.3.